The predicted molar refractivity (Wildman–Crippen MR) is 128 cm³/mol. The Labute approximate surface area is 198 Å². The second-order valence-corrected chi connectivity index (χ2v) is 9.90. The minimum atomic E-state index is -3.53. The minimum Gasteiger partial charge on any atom is -0.379 e. The largest absolute Gasteiger partial charge is 0.379 e. The van der Waals surface area contributed by atoms with Gasteiger partial charge in [0.05, 0.1) is 48.9 Å². The Morgan fingerprint density at radius 2 is 1.59 bits per heavy atom. The molecule has 10 nitrogen and oxygen atoms in total. The van der Waals surface area contributed by atoms with Crippen LogP contribution >= 0.6 is 0 Å². The standard InChI is InChI=1S/C23H26N6O4S/c30-34(31,29-9-13-33-14-10-29)21-3-1-19(2-4-21)26-23-25-6-5-22(27-23)18-15-20(17-24-16-18)28-7-11-32-12-8-28/h1-6,15-17H,7-14H2,(H,25,26,27). The number of sulfonamides is 1. The summed E-state index contributed by atoms with van der Waals surface area (Å²) in [5.74, 6) is 0.415. The zero-order valence-corrected chi connectivity index (χ0v) is 19.4. The van der Waals surface area contributed by atoms with E-state index in [0.29, 0.717) is 51.2 Å². The van der Waals surface area contributed by atoms with Gasteiger partial charge in [-0.05, 0) is 36.4 Å². The molecule has 5 rings (SSSR count). The number of nitrogens with zero attached hydrogens (tertiary/aromatic N) is 5. The van der Waals surface area contributed by atoms with E-state index in [1.165, 1.54) is 4.31 Å². The van der Waals surface area contributed by atoms with Gasteiger partial charge in [0.15, 0.2) is 0 Å². The Hall–Kier alpha value is -3.12. The van der Waals surface area contributed by atoms with Gasteiger partial charge < -0.3 is 19.7 Å². The first-order valence-electron chi connectivity index (χ1n) is 11.2. The van der Waals surface area contributed by atoms with Gasteiger partial charge in [0.25, 0.3) is 0 Å². The van der Waals surface area contributed by atoms with E-state index in [2.05, 4.69) is 31.2 Å². The van der Waals surface area contributed by atoms with Gasteiger partial charge in [0.1, 0.15) is 0 Å². The molecule has 4 heterocycles. The van der Waals surface area contributed by atoms with Crippen molar-refractivity contribution in [2.45, 2.75) is 4.90 Å². The summed E-state index contributed by atoms with van der Waals surface area (Å²) in [4.78, 5) is 15.8. The van der Waals surface area contributed by atoms with Crippen LogP contribution < -0.4 is 10.2 Å². The Morgan fingerprint density at radius 3 is 2.32 bits per heavy atom. The summed E-state index contributed by atoms with van der Waals surface area (Å²) < 4.78 is 37.8. The number of nitrogens with one attached hydrogen (secondary N) is 1. The average Bonchev–Trinajstić information content (AvgIpc) is 2.90. The molecule has 0 atom stereocenters. The highest BCUT2D eigenvalue weighted by Crippen LogP contribution is 2.25. The Bertz CT molecular complexity index is 1230. The molecule has 0 amide bonds. The van der Waals surface area contributed by atoms with Crippen molar-refractivity contribution in [2.24, 2.45) is 0 Å². The van der Waals surface area contributed by atoms with E-state index >= 15 is 0 Å². The smallest absolute Gasteiger partial charge is 0.243 e. The quantitative estimate of drug-likeness (QED) is 0.565. The molecule has 2 aliphatic heterocycles. The van der Waals surface area contributed by atoms with E-state index in [-0.39, 0.29) is 4.90 Å². The normalized spacial score (nSPS) is 17.5. The predicted octanol–water partition coefficient (Wildman–Crippen LogP) is 2.14. The first kappa shape index (κ1) is 22.7. The van der Waals surface area contributed by atoms with Crippen LogP contribution in [0.1, 0.15) is 0 Å². The van der Waals surface area contributed by atoms with Crippen molar-refractivity contribution in [2.75, 3.05) is 62.8 Å². The summed E-state index contributed by atoms with van der Waals surface area (Å²) in [7, 11) is -3.53. The molecule has 2 saturated heterocycles. The van der Waals surface area contributed by atoms with Crippen molar-refractivity contribution in [1.29, 1.82) is 0 Å². The summed E-state index contributed by atoms with van der Waals surface area (Å²) in [5, 5.41) is 3.15. The van der Waals surface area contributed by atoms with Gasteiger partial charge in [-0.25, -0.2) is 18.4 Å². The van der Waals surface area contributed by atoms with E-state index in [0.717, 1.165) is 30.0 Å². The van der Waals surface area contributed by atoms with E-state index in [1.54, 1.807) is 36.7 Å². The SMILES string of the molecule is O=S(=O)(c1ccc(Nc2nccc(-c3cncc(N4CCOCC4)c3)n2)cc1)N1CCOCC1. The van der Waals surface area contributed by atoms with Gasteiger partial charge in [-0.2, -0.15) is 4.31 Å². The molecular weight excluding hydrogens is 456 g/mol. The van der Waals surface area contributed by atoms with Gasteiger partial charge >= 0.3 is 0 Å². The number of pyridine rings is 1. The number of morpholine rings is 2. The molecule has 11 heteroatoms. The van der Waals surface area contributed by atoms with Gasteiger partial charge in [-0.1, -0.05) is 0 Å². The number of aromatic nitrogens is 3. The van der Waals surface area contributed by atoms with Crippen LogP contribution in [0.5, 0.6) is 0 Å². The topological polar surface area (TPSA) is 110 Å². The van der Waals surface area contributed by atoms with Crippen LogP contribution in [-0.2, 0) is 19.5 Å². The second kappa shape index (κ2) is 10.0. The molecule has 2 aliphatic rings. The first-order chi connectivity index (χ1) is 16.6. The molecule has 2 aromatic heterocycles. The molecule has 1 aromatic carbocycles. The molecule has 1 N–H and O–H groups in total. The molecular formula is C23H26N6O4S. The fourth-order valence-corrected chi connectivity index (χ4v) is 5.33. The molecule has 0 saturated carbocycles. The highest BCUT2D eigenvalue weighted by molar-refractivity contribution is 7.89. The summed E-state index contributed by atoms with van der Waals surface area (Å²) in [6.07, 6.45) is 5.31. The fraction of sp³-hybridized carbons (Fsp3) is 0.348. The lowest BCUT2D eigenvalue weighted by atomic mass is 10.2. The number of rotatable bonds is 6. The lowest BCUT2D eigenvalue weighted by molar-refractivity contribution is 0.0730. The Kier molecular flexibility index (Phi) is 6.68. The van der Waals surface area contributed by atoms with Crippen molar-refractivity contribution in [3.63, 3.8) is 0 Å². The highest BCUT2D eigenvalue weighted by atomic mass is 32.2. The molecule has 178 valence electrons. The summed E-state index contributed by atoms with van der Waals surface area (Å²) >= 11 is 0. The molecule has 3 aromatic rings. The van der Waals surface area contributed by atoms with Crippen molar-refractivity contribution < 1.29 is 17.9 Å². The number of hydrogen-bond acceptors (Lipinski definition) is 9. The van der Waals surface area contributed by atoms with E-state index in [4.69, 9.17) is 9.47 Å². The molecule has 0 radical (unpaired) electrons. The van der Waals surface area contributed by atoms with Crippen molar-refractivity contribution >= 4 is 27.3 Å². The minimum absolute atomic E-state index is 0.251. The zero-order chi connectivity index (χ0) is 23.4. The second-order valence-electron chi connectivity index (χ2n) is 7.96. The van der Waals surface area contributed by atoms with Crippen molar-refractivity contribution in [3.8, 4) is 11.3 Å². The molecule has 0 bridgehead atoms. The lowest BCUT2D eigenvalue weighted by Crippen LogP contribution is -2.40. The summed E-state index contributed by atoms with van der Waals surface area (Å²) in [6.45, 7) is 4.64. The zero-order valence-electron chi connectivity index (χ0n) is 18.6. The van der Waals surface area contributed by atoms with Gasteiger partial charge in [-0.15, -0.1) is 0 Å². The van der Waals surface area contributed by atoms with Crippen molar-refractivity contribution in [3.05, 3.63) is 55.0 Å². The third-order valence-electron chi connectivity index (χ3n) is 5.77. The summed E-state index contributed by atoms with van der Waals surface area (Å²) in [6, 6.07) is 10.5. The molecule has 2 fully saturated rings. The van der Waals surface area contributed by atoms with E-state index < -0.39 is 10.0 Å². The van der Waals surface area contributed by atoms with Crippen LogP contribution in [0.3, 0.4) is 0 Å². The van der Waals surface area contributed by atoms with Crippen LogP contribution in [0.2, 0.25) is 0 Å². The highest BCUT2D eigenvalue weighted by Gasteiger charge is 2.26. The van der Waals surface area contributed by atoms with Crippen LogP contribution in [0.25, 0.3) is 11.3 Å². The summed E-state index contributed by atoms with van der Waals surface area (Å²) in [5.41, 5.74) is 3.36. The van der Waals surface area contributed by atoms with Gasteiger partial charge in [-0.3, -0.25) is 4.98 Å². The lowest BCUT2D eigenvalue weighted by Gasteiger charge is -2.28. The maximum absolute atomic E-state index is 12.8. The number of anilines is 3. The van der Waals surface area contributed by atoms with Gasteiger partial charge in [0, 0.05) is 49.8 Å². The third-order valence-corrected chi connectivity index (χ3v) is 7.68. The van der Waals surface area contributed by atoms with Gasteiger partial charge in [0.2, 0.25) is 16.0 Å². The van der Waals surface area contributed by atoms with Crippen molar-refractivity contribution in [1.82, 2.24) is 19.3 Å². The van der Waals surface area contributed by atoms with Crippen LogP contribution in [0.15, 0.2) is 59.9 Å². The average molecular weight is 483 g/mol. The third kappa shape index (κ3) is 5.02. The maximum Gasteiger partial charge on any atom is 0.243 e. The Morgan fingerprint density at radius 1 is 0.882 bits per heavy atom. The molecule has 0 unspecified atom stereocenters. The number of ether oxygens (including phenoxy) is 2. The maximum atomic E-state index is 12.8. The monoisotopic (exact) mass is 482 g/mol. The van der Waals surface area contributed by atoms with Crippen LogP contribution in [0.4, 0.5) is 17.3 Å². The van der Waals surface area contributed by atoms with Crippen LogP contribution in [0, 0.1) is 0 Å². The number of benzene rings is 1. The van der Waals surface area contributed by atoms with Crippen LogP contribution in [-0.4, -0.2) is 80.3 Å². The Balaban J connectivity index is 1.31. The fourth-order valence-electron chi connectivity index (χ4n) is 3.92. The molecule has 0 aliphatic carbocycles. The first-order valence-corrected chi connectivity index (χ1v) is 12.6. The van der Waals surface area contributed by atoms with E-state index in [9.17, 15) is 8.42 Å². The molecule has 34 heavy (non-hydrogen) atoms. The number of hydrogen-bond donors (Lipinski definition) is 1. The van der Waals surface area contributed by atoms with E-state index in [1.807, 2.05) is 12.3 Å². The molecule has 0 spiro atoms.